The molecule has 4 rings (SSSR count). The zero-order valence-corrected chi connectivity index (χ0v) is 16.2. The van der Waals surface area contributed by atoms with E-state index in [4.69, 9.17) is 16.9 Å². The zero-order valence-electron chi connectivity index (χ0n) is 15.4. The van der Waals surface area contributed by atoms with Gasteiger partial charge in [0.05, 0.1) is 11.0 Å². The van der Waals surface area contributed by atoms with Crippen LogP contribution in [0.1, 0.15) is 34.5 Å². The molecule has 0 radical (unpaired) electrons. The molecule has 0 saturated carbocycles. The zero-order chi connectivity index (χ0) is 19.7. The molecule has 2 amide bonds. The highest BCUT2D eigenvalue weighted by atomic mass is 35.5. The van der Waals surface area contributed by atoms with Crippen molar-refractivity contribution in [1.29, 1.82) is 5.26 Å². The number of H-pyrrole nitrogens is 1. The number of carbonyl (C=O) groups is 2. The van der Waals surface area contributed by atoms with Crippen LogP contribution in [-0.4, -0.2) is 52.8 Å². The fourth-order valence-corrected chi connectivity index (χ4v) is 4.28. The Balaban J connectivity index is 1.53. The van der Waals surface area contributed by atoms with Gasteiger partial charge in [-0.15, -0.1) is 0 Å². The third-order valence-corrected chi connectivity index (χ3v) is 5.87. The third-order valence-electron chi connectivity index (χ3n) is 5.62. The SMILES string of the molecule is N#Cc1c[nH]c(C(=O)N2CC(Cc3ccc(Cl)cc3)(C(=O)N3CCCC3)C2)c1. The van der Waals surface area contributed by atoms with E-state index in [2.05, 4.69) is 4.98 Å². The minimum atomic E-state index is -0.599. The molecule has 28 heavy (non-hydrogen) atoms. The van der Waals surface area contributed by atoms with Crippen LogP contribution >= 0.6 is 11.6 Å². The highest BCUT2D eigenvalue weighted by Gasteiger charge is 2.52. The van der Waals surface area contributed by atoms with Crippen molar-refractivity contribution in [2.75, 3.05) is 26.2 Å². The molecule has 6 nitrogen and oxygen atoms in total. The Morgan fingerprint density at radius 2 is 1.82 bits per heavy atom. The van der Waals surface area contributed by atoms with E-state index in [0.29, 0.717) is 35.8 Å². The first-order valence-electron chi connectivity index (χ1n) is 9.42. The normalized spacial score (nSPS) is 17.9. The van der Waals surface area contributed by atoms with Crippen molar-refractivity contribution < 1.29 is 9.59 Å². The highest BCUT2D eigenvalue weighted by Crippen LogP contribution is 2.38. The summed E-state index contributed by atoms with van der Waals surface area (Å²) in [6.07, 6.45) is 4.16. The van der Waals surface area contributed by atoms with E-state index in [0.717, 1.165) is 31.5 Å². The molecule has 1 aromatic carbocycles. The molecule has 3 heterocycles. The second-order valence-corrected chi connectivity index (χ2v) is 8.09. The number of nitriles is 1. The van der Waals surface area contributed by atoms with Crippen LogP contribution in [0.3, 0.4) is 0 Å². The Hall–Kier alpha value is -2.78. The highest BCUT2D eigenvalue weighted by molar-refractivity contribution is 6.30. The molecular weight excluding hydrogens is 376 g/mol. The van der Waals surface area contributed by atoms with Crippen LogP contribution in [0.4, 0.5) is 0 Å². The maximum Gasteiger partial charge on any atom is 0.270 e. The van der Waals surface area contributed by atoms with Crippen LogP contribution in [0, 0.1) is 16.7 Å². The van der Waals surface area contributed by atoms with Crippen molar-refractivity contribution in [2.45, 2.75) is 19.3 Å². The van der Waals surface area contributed by atoms with Crippen LogP contribution < -0.4 is 0 Å². The molecule has 1 aromatic heterocycles. The Kier molecular flexibility index (Phi) is 4.86. The summed E-state index contributed by atoms with van der Waals surface area (Å²) in [4.78, 5) is 32.5. The molecule has 0 atom stereocenters. The minimum absolute atomic E-state index is 0.133. The predicted octanol–water partition coefficient (Wildman–Crippen LogP) is 2.85. The predicted molar refractivity (Wildman–Crippen MR) is 105 cm³/mol. The average molecular weight is 397 g/mol. The summed E-state index contributed by atoms with van der Waals surface area (Å²) in [5.74, 6) is -0.0457. The first-order chi connectivity index (χ1) is 13.5. The molecular formula is C21H21ClN4O2. The van der Waals surface area contributed by atoms with Crippen LogP contribution in [0.15, 0.2) is 36.5 Å². The van der Waals surface area contributed by atoms with E-state index in [9.17, 15) is 9.59 Å². The van der Waals surface area contributed by atoms with Gasteiger partial charge >= 0.3 is 0 Å². The Morgan fingerprint density at radius 1 is 1.14 bits per heavy atom. The summed E-state index contributed by atoms with van der Waals surface area (Å²) in [6.45, 7) is 2.34. The summed E-state index contributed by atoms with van der Waals surface area (Å²) in [7, 11) is 0. The van der Waals surface area contributed by atoms with Gasteiger partial charge in [0, 0.05) is 37.4 Å². The summed E-state index contributed by atoms with van der Waals surface area (Å²) < 4.78 is 0. The van der Waals surface area contributed by atoms with E-state index in [1.54, 1.807) is 11.0 Å². The minimum Gasteiger partial charge on any atom is -0.356 e. The van der Waals surface area contributed by atoms with Gasteiger partial charge in [-0.25, -0.2) is 0 Å². The number of likely N-dealkylation sites (tertiary alicyclic amines) is 2. The molecule has 0 spiro atoms. The largest absolute Gasteiger partial charge is 0.356 e. The first kappa shape index (κ1) is 18.6. The number of amides is 2. The maximum absolute atomic E-state index is 13.3. The number of aromatic nitrogens is 1. The van der Waals surface area contributed by atoms with Gasteiger partial charge in [-0.3, -0.25) is 9.59 Å². The number of nitrogens with one attached hydrogen (secondary N) is 1. The van der Waals surface area contributed by atoms with Crippen LogP contribution in [0.25, 0.3) is 0 Å². The lowest BCUT2D eigenvalue weighted by Gasteiger charge is -2.50. The monoisotopic (exact) mass is 396 g/mol. The molecule has 144 valence electrons. The van der Waals surface area contributed by atoms with Crippen molar-refractivity contribution in [3.63, 3.8) is 0 Å². The third kappa shape index (κ3) is 3.38. The van der Waals surface area contributed by atoms with Gasteiger partial charge in [0.2, 0.25) is 5.91 Å². The Labute approximate surface area is 168 Å². The number of hydrogen-bond donors (Lipinski definition) is 1. The molecule has 0 unspecified atom stereocenters. The summed E-state index contributed by atoms with van der Waals surface area (Å²) in [6, 6.07) is 11.1. The lowest BCUT2D eigenvalue weighted by atomic mass is 9.73. The number of carbonyl (C=O) groups excluding carboxylic acids is 2. The van der Waals surface area contributed by atoms with Gasteiger partial charge in [0.15, 0.2) is 0 Å². The van der Waals surface area contributed by atoms with Gasteiger partial charge in [-0.2, -0.15) is 5.26 Å². The lowest BCUT2D eigenvalue weighted by molar-refractivity contribution is -0.149. The van der Waals surface area contributed by atoms with E-state index in [-0.39, 0.29) is 11.8 Å². The topological polar surface area (TPSA) is 80.2 Å². The van der Waals surface area contributed by atoms with Gasteiger partial charge < -0.3 is 14.8 Å². The molecule has 1 N–H and O–H groups in total. The first-order valence-corrected chi connectivity index (χ1v) is 9.80. The second-order valence-electron chi connectivity index (χ2n) is 7.66. The van der Waals surface area contributed by atoms with Crippen molar-refractivity contribution in [3.8, 4) is 6.07 Å². The maximum atomic E-state index is 13.3. The summed E-state index contributed by atoms with van der Waals surface area (Å²) in [5, 5.41) is 9.61. The molecule has 2 aromatic rings. The molecule has 2 saturated heterocycles. The number of hydrogen-bond acceptors (Lipinski definition) is 3. The molecule has 0 aliphatic carbocycles. The van der Waals surface area contributed by atoms with E-state index >= 15 is 0 Å². The van der Waals surface area contributed by atoms with Crippen LogP contribution in [-0.2, 0) is 11.2 Å². The molecule has 2 fully saturated rings. The van der Waals surface area contributed by atoms with Gasteiger partial charge in [0.1, 0.15) is 11.8 Å². The van der Waals surface area contributed by atoms with Crippen LogP contribution in [0.5, 0.6) is 0 Å². The van der Waals surface area contributed by atoms with Crippen molar-refractivity contribution in [1.82, 2.24) is 14.8 Å². The number of benzene rings is 1. The fraction of sp³-hybridized carbons (Fsp3) is 0.381. The smallest absolute Gasteiger partial charge is 0.270 e. The number of aromatic amines is 1. The Bertz CT molecular complexity index is 932. The Morgan fingerprint density at radius 3 is 2.43 bits per heavy atom. The number of rotatable bonds is 4. The average Bonchev–Trinajstić information content (AvgIpc) is 3.36. The molecule has 2 aliphatic rings. The quantitative estimate of drug-likeness (QED) is 0.862. The summed E-state index contributed by atoms with van der Waals surface area (Å²) in [5.41, 5.74) is 1.24. The van der Waals surface area contributed by atoms with Crippen molar-refractivity contribution in [2.24, 2.45) is 5.41 Å². The van der Waals surface area contributed by atoms with Crippen LogP contribution in [0.2, 0.25) is 5.02 Å². The second kappa shape index (κ2) is 7.33. The fourth-order valence-electron chi connectivity index (χ4n) is 4.15. The standard InChI is InChI=1S/C21H21ClN4O2/c22-17-5-3-15(4-6-17)10-21(20(28)25-7-1-2-8-25)13-26(14-21)19(27)18-9-16(11-23)12-24-18/h3-6,9,12,24H,1-2,7-8,10,13-14H2. The van der Waals surface area contributed by atoms with Gasteiger partial charge in [-0.1, -0.05) is 23.7 Å². The van der Waals surface area contributed by atoms with Gasteiger partial charge in [0.25, 0.3) is 5.91 Å². The van der Waals surface area contributed by atoms with Crippen molar-refractivity contribution >= 4 is 23.4 Å². The van der Waals surface area contributed by atoms with E-state index in [1.807, 2.05) is 35.2 Å². The van der Waals surface area contributed by atoms with Gasteiger partial charge in [-0.05, 0) is 43.0 Å². The molecule has 7 heteroatoms. The van der Waals surface area contributed by atoms with E-state index in [1.165, 1.54) is 6.20 Å². The molecule has 2 aliphatic heterocycles. The van der Waals surface area contributed by atoms with E-state index < -0.39 is 5.41 Å². The molecule has 0 bridgehead atoms. The number of halogens is 1. The van der Waals surface area contributed by atoms with Crippen molar-refractivity contribution in [3.05, 3.63) is 58.4 Å². The number of nitrogens with zero attached hydrogens (tertiary/aromatic N) is 3. The summed E-state index contributed by atoms with van der Waals surface area (Å²) >= 11 is 5.99. The lowest BCUT2D eigenvalue weighted by Crippen LogP contribution is -2.65.